The molecule has 1 atom stereocenters. The molecule has 0 aliphatic rings. The number of carbonyl (C=O) groups excluding carboxylic acids is 2. The molecule has 0 spiro atoms. The van der Waals surface area contributed by atoms with Crippen LogP contribution in [-0.4, -0.2) is 46.7 Å². The number of nitrogens with one attached hydrogen (secondary N) is 1. The number of nitro benzene ring substituents is 1. The zero-order valence-corrected chi connectivity index (χ0v) is 16.9. The standard InChI is InChI=1S/C20H22FN3O4S/c1-23(13-14-6-8-16(21)9-7-14)20(26)18(10-11-29-2)22-19(25)15-4-3-5-17(12-15)24(27)28/h3-9,12,18H,10-11,13H2,1-2H3,(H,22,25). The Kier molecular flexibility index (Phi) is 8.14. The number of amides is 2. The third-order valence-corrected chi connectivity index (χ3v) is 4.89. The van der Waals surface area contributed by atoms with Crippen LogP contribution in [0, 0.1) is 15.9 Å². The molecule has 0 saturated heterocycles. The van der Waals surface area contributed by atoms with Gasteiger partial charge < -0.3 is 10.2 Å². The highest BCUT2D eigenvalue weighted by Crippen LogP contribution is 2.14. The number of halogens is 1. The van der Waals surface area contributed by atoms with Crippen LogP contribution < -0.4 is 5.32 Å². The summed E-state index contributed by atoms with van der Waals surface area (Å²) in [5, 5.41) is 13.6. The van der Waals surface area contributed by atoms with Crippen molar-refractivity contribution in [2.45, 2.75) is 19.0 Å². The molecule has 0 fully saturated rings. The summed E-state index contributed by atoms with van der Waals surface area (Å²) in [6, 6.07) is 10.4. The Morgan fingerprint density at radius 1 is 1.24 bits per heavy atom. The molecule has 1 N–H and O–H groups in total. The van der Waals surface area contributed by atoms with Crippen LogP contribution in [0.5, 0.6) is 0 Å². The minimum atomic E-state index is -0.778. The van der Waals surface area contributed by atoms with Gasteiger partial charge in [-0.25, -0.2) is 4.39 Å². The van der Waals surface area contributed by atoms with Gasteiger partial charge in [-0.05, 0) is 42.2 Å². The number of thioether (sulfide) groups is 1. The van der Waals surface area contributed by atoms with Crippen molar-refractivity contribution in [2.24, 2.45) is 0 Å². The lowest BCUT2D eigenvalue weighted by Gasteiger charge is -2.24. The largest absolute Gasteiger partial charge is 0.340 e. The van der Waals surface area contributed by atoms with E-state index >= 15 is 0 Å². The van der Waals surface area contributed by atoms with E-state index in [1.807, 2.05) is 6.26 Å². The minimum absolute atomic E-state index is 0.113. The molecule has 2 aromatic carbocycles. The topological polar surface area (TPSA) is 92.5 Å². The van der Waals surface area contributed by atoms with Crippen LogP contribution in [0.4, 0.5) is 10.1 Å². The Bertz CT molecular complexity index is 876. The normalized spacial score (nSPS) is 11.6. The molecule has 1 unspecified atom stereocenters. The quantitative estimate of drug-likeness (QED) is 0.498. The number of hydrogen-bond donors (Lipinski definition) is 1. The zero-order valence-electron chi connectivity index (χ0n) is 16.1. The van der Waals surface area contributed by atoms with Crippen LogP contribution in [0.2, 0.25) is 0 Å². The predicted molar refractivity (Wildman–Crippen MR) is 110 cm³/mol. The molecular weight excluding hydrogens is 397 g/mol. The zero-order chi connectivity index (χ0) is 21.4. The van der Waals surface area contributed by atoms with E-state index in [0.717, 1.165) is 5.56 Å². The van der Waals surface area contributed by atoms with E-state index in [9.17, 15) is 24.1 Å². The lowest BCUT2D eigenvalue weighted by atomic mass is 10.1. The van der Waals surface area contributed by atoms with Gasteiger partial charge in [-0.1, -0.05) is 18.2 Å². The van der Waals surface area contributed by atoms with Gasteiger partial charge in [0.1, 0.15) is 11.9 Å². The summed E-state index contributed by atoms with van der Waals surface area (Å²) in [7, 11) is 1.61. The van der Waals surface area contributed by atoms with Crippen molar-refractivity contribution in [3.8, 4) is 0 Å². The highest BCUT2D eigenvalue weighted by molar-refractivity contribution is 7.98. The molecule has 0 heterocycles. The summed E-state index contributed by atoms with van der Waals surface area (Å²) in [4.78, 5) is 37.2. The number of nitrogens with zero attached hydrogens (tertiary/aromatic N) is 2. The van der Waals surface area contributed by atoms with E-state index in [0.29, 0.717) is 12.2 Å². The minimum Gasteiger partial charge on any atom is -0.340 e. The number of benzene rings is 2. The molecule has 7 nitrogen and oxygen atoms in total. The summed E-state index contributed by atoms with van der Waals surface area (Å²) >= 11 is 1.54. The van der Waals surface area contributed by atoms with Crippen LogP contribution in [0.15, 0.2) is 48.5 Å². The fourth-order valence-corrected chi connectivity index (χ4v) is 3.17. The van der Waals surface area contributed by atoms with Gasteiger partial charge in [0, 0.05) is 31.3 Å². The SMILES string of the molecule is CSCCC(NC(=O)c1cccc([N+](=O)[O-])c1)C(=O)N(C)Cc1ccc(F)cc1. The number of rotatable bonds is 9. The van der Waals surface area contributed by atoms with Gasteiger partial charge in [-0.15, -0.1) is 0 Å². The van der Waals surface area contributed by atoms with E-state index in [1.54, 1.807) is 30.9 Å². The van der Waals surface area contributed by atoms with Crippen molar-refractivity contribution in [1.82, 2.24) is 10.2 Å². The molecular formula is C20H22FN3O4S. The Labute approximate surface area is 172 Å². The van der Waals surface area contributed by atoms with Gasteiger partial charge in [0.25, 0.3) is 11.6 Å². The second-order valence-electron chi connectivity index (χ2n) is 6.44. The molecule has 2 amide bonds. The molecule has 2 aromatic rings. The van der Waals surface area contributed by atoms with Crippen molar-refractivity contribution in [3.05, 3.63) is 75.6 Å². The van der Waals surface area contributed by atoms with Crippen molar-refractivity contribution < 1.29 is 18.9 Å². The third kappa shape index (κ3) is 6.56. The number of hydrogen-bond acceptors (Lipinski definition) is 5. The first-order valence-corrected chi connectivity index (χ1v) is 10.2. The Balaban J connectivity index is 2.11. The first-order chi connectivity index (χ1) is 13.8. The van der Waals surface area contributed by atoms with Gasteiger partial charge in [-0.2, -0.15) is 11.8 Å². The number of nitro groups is 1. The highest BCUT2D eigenvalue weighted by atomic mass is 32.2. The lowest BCUT2D eigenvalue weighted by molar-refractivity contribution is -0.384. The number of carbonyl (C=O) groups is 2. The summed E-state index contributed by atoms with van der Waals surface area (Å²) in [5.41, 5.74) is 0.677. The summed E-state index contributed by atoms with van der Waals surface area (Å²) < 4.78 is 13.1. The van der Waals surface area contributed by atoms with Gasteiger partial charge in [-0.3, -0.25) is 19.7 Å². The van der Waals surface area contributed by atoms with Crippen molar-refractivity contribution >= 4 is 29.3 Å². The van der Waals surface area contributed by atoms with Gasteiger partial charge in [0.2, 0.25) is 5.91 Å². The third-order valence-electron chi connectivity index (χ3n) is 4.24. The van der Waals surface area contributed by atoms with E-state index in [2.05, 4.69) is 5.32 Å². The summed E-state index contributed by atoms with van der Waals surface area (Å²) in [6.07, 6.45) is 2.31. The molecule has 0 aliphatic heterocycles. The maximum Gasteiger partial charge on any atom is 0.270 e. The van der Waals surface area contributed by atoms with Crippen molar-refractivity contribution in [3.63, 3.8) is 0 Å². The van der Waals surface area contributed by atoms with Crippen LogP contribution >= 0.6 is 11.8 Å². The van der Waals surface area contributed by atoms with Crippen molar-refractivity contribution in [1.29, 1.82) is 0 Å². The van der Waals surface area contributed by atoms with E-state index < -0.39 is 16.9 Å². The van der Waals surface area contributed by atoms with E-state index in [-0.39, 0.29) is 29.5 Å². The van der Waals surface area contributed by atoms with Gasteiger partial charge >= 0.3 is 0 Å². The van der Waals surface area contributed by atoms with Gasteiger partial charge in [0.05, 0.1) is 4.92 Å². The summed E-state index contributed by atoms with van der Waals surface area (Å²) in [5.74, 6) is -0.550. The molecule has 2 rings (SSSR count). The average Bonchev–Trinajstić information content (AvgIpc) is 2.72. The first-order valence-electron chi connectivity index (χ1n) is 8.85. The fourth-order valence-electron chi connectivity index (χ4n) is 2.70. The number of non-ortho nitro benzene ring substituents is 1. The second kappa shape index (κ2) is 10.6. The molecule has 0 radical (unpaired) electrons. The van der Waals surface area contributed by atoms with E-state index in [4.69, 9.17) is 0 Å². The highest BCUT2D eigenvalue weighted by Gasteiger charge is 2.25. The van der Waals surface area contributed by atoms with Crippen LogP contribution in [0.1, 0.15) is 22.3 Å². The Hall–Kier alpha value is -2.94. The van der Waals surface area contributed by atoms with E-state index in [1.165, 1.54) is 41.3 Å². The molecule has 9 heteroatoms. The molecule has 0 aromatic heterocycles. The van der Waals surface area contributed by atoms with Gasteiger partial charge in [0.15, 0.2) is 0 Å². The average molecular weight is 419 g/mol. The van der Waals surface area contributed by atoms with Crippen molar-refractivity contribution in [2.75, 3.05) is 19.1 Å². The Morgan fingerprint density at radius 3 is 2.55 bits per heavy atom. The Morgan fingerprint density at radius 2 is 1.93 bits per heavy atom. The van der Waals surface area contributed by atoms with Crippen LogP contribution in [-0.2, 0) is 11.3 Å². The monoisotopic (exact) mass is 419 g/mol. The molecule has 0 saturated carbocycles. The van der Waals surface area contributed by atoms with Crippen LogP contribution in [0.3, 0.4) is 0 Å². The fraction of sp³-hybridized carbons (Fsp3) is 0.300. The maximum atomic E-state index is 13.1. The molecule has 29 heavy (non-hydrogen) atoms. The molecule has 0 bridgehead atoms. The molecule has 154 valence electrons. The van der Waals surface area contributed by atoms with Crippen LogP contribution in [0.25, 0.3) is 0 Å². The second-order valence-corrected chi connectivity index (χ2v) is 7.42. The maximum absolute atomic E-state index is 13.1. The lowest BCUT2D eigenvalue weighted by Crippen LogP contribution is -2.47. The smallest absolute Gasteiger partial charge is 0.270 e. The first kappa shape index (κ1) is 22.4. The number of likely N-dealkylation sites (N-methyl/N-ethyl adjacent to an activating group) is 1. The summed E-state index contributed by atoms with van der Waals surface area (Å²) in [6.45, 7) is 0.265. The predicted octanol–water partition coefficient (Wildman–Crippen LogP) is 3.24. The molecule has 0 aliphatic carbocycles.